The van der Waals surface area contributed by atoms with E-state index in [1.807, 2.05) is 68.5 Å². The maximum atomic E-state index is 13.6. The summed E-state index contributed by atoms with van der Waals surface area (Å²) in [6.45, 7) is 5.82. The van der Waals surface area contributed by atoms with Crippen LogP contribution in [0.4, 0.5) is 5.69 Å². The Morgan fingerprint density at radius 1 is 0.926 bits per heavy atom. The Balaban J connectivity index is 1.83. The van der Waals surface area contributed by atoms with Gasteiger partial charge in [-0.15, -0.1) is 0 Å². The van der Waals surface area contributed by atoms with E-state index in [-0.39, 0.29) is 17.6 Å². The van der Waals surface area contributed by atoms with Crippen molar-refractivity contribution in [3.8, 4) is 0 Å². The van der Waals surface area contributed by atoms with Crippen LogP contribution in [0.25, 0.3) is 0 Å². The number of hydrogen-bond acceptors (Lipinski definition) is 3. The second-order valence-electron chi connectivity index (χ2n) is 7.41. The van der Waals surface area contributed by atoms with E-state index in [9.17, 15) is 9.59 Å². The first-order chi connectivity index (χ1) is 12.9. The van der Waals surface area contributed by atoms with Crippen molar-refractivity contribution in [2.45, 2.75) is 33.1 Å². The predicted molar refractivity (Wildman–Crippen MR) is 107 cm³/mol. The molecular formula is C23H22N2O2. The third kappa shape index (κ3) is 2.55. The topological polar surface area (TPSA) is 49.7 Å². The molecule has 136 valence electrons. The van der Waals surface area contributed by atoms with Crippen LogP contribution in [0, 0.1) is 19.3 Å². The molecule has 0 saturated carbocycles. The molecule has 0 N–H and O–H groups in total. The highest BCUT2D eigenvalue weighted by molar-refractivity contribution is 6.34. The average molecular weight is 358 g/mol. The number of carbonyl (C=O) groups is 2. The molecule has 2 aliphatic rings. The van der Waals surface area contributed by atoms with Gasteiger partial charge in [-0.1, -0.05) is 53.6 Å². The van der Waals surface area contributed by atoms with Crippen molar-refractivity contribution in [2.75, 3.05) is 5.01 Å². The molecular weight excluding hydrogens is 336 g/mol. The van der Waals surface area contributed by atoms with Crippen molar-refractivity contribution in [3.05, 3.63) is 77.4 Å². The van der Waals surface area contributed by atoms with Gasteiger partial charge in [-0.2, -0.15) is 10.1 Å². The lowest BCUT2D eigenvalue weighted by atomic mass is 9.62. The van der Waals surface area contributed by atoms with Crippen LogP contribution in [0.1, 0.15) is 36.0 Å². The van der Waals surface area contributed by atoms with Crippen LogP contribution in [-0.2, 0) is 9.59 Å². The first-order valence-electron chi connectivity index (χ1n) is 9.19. The van der Waals surface area contributed by atoms with Gasteiger partial charge in [-0.05, 0) is 51.0 Å². The van der Waals surface area contributed by atoms with Crippen LogP contribution in [0.5, 0.6) is 0 Å². The van der Waals surface area contributed by atoms with Gasteiger partial charge in [0.05, 0.1) is 11.4 Å². The van der Waals surface area contributed by atoms with E-state index in [0.717, 1.165) is 16.7 Å². The number of rotatable bonds is 2. The number of amides is 1. The summed E-state index contributed by atoms with van der Waals surface area (Å²) in [5.41, 5.74) is 3.24. The third-order valence-corrected chi connectivity index (χ3v) is 5.66. The van der Waals surface area contributed by atoms with Gasteiger partial charge in [0.2, 0.25) is 0 Å². The van der Waals surface area contributed by atoms with Crippen molar-refractivity contribution in [2.24, 2.45) is 10.5 Å². The fourth-order valence-corrected chi connectivity index (χ4v) is 4.12. The van der Waals surface area contributed by atoms with Crippen LogP contribution in [0.15, 0.2) is 65.8 Å². The summed E-state index contributed by atoms with van der Waals surface area (Å²) in [7, 11) is 0. The van der Waals surface area contributed by atoms with Crippen LogP contribution in [-0.4, -0.2) is 17.4 Å². The normalized spacial score (nSPS) is 24.6. The number of carbonyl (C=O) groups excluding carboxylic acids is 2. The van der Waals surface area contributed by atoms with Gasteiger partial charge >= 0.3 is 0 Å². The molecule has 1 aliphatic carbocycles. The molecule has 2 aromatic rings. The first-order valence-corrected chi connectivity index (χ1v) is 9.19. The molecule has 27 heavy (non-hydrogen) atoms. The molecule has 4 heteroatoms. The monoisotopic (exact) mass is 358 g/mol. The van der Waals surface area contributed by atoms with Crippen LogP contribution in [0.3, 0.4) is 0 Å². The molecule has 2 atom stereocenters. The molecule has 1 amide bonds. The summed E-state index contributed by atoms with van der Waals surface area (Å²) in [6.07, 6.45) is 4.04. The van der Waals surface area contributed by atoms with Gasteiger partial charge in [0, 0.05) is 5.92 Å². The molecule has 0 radical (unpaired) electrons. The van der Waals surface area contributed by atoms with Crippen molar-refractivity contribution in [3.63, 3.8) is 0 Å². The average Bonchev–Trinajstić information content (AvgIpc) is 2.91. The zero-order chi connectivity index (χ0) is 19.2. The number of aryl methyl sites for hydroxylation is 2. The van der Waals surface area contributed by atoms with Crippen LogP contribution in [0.2, 0.25) is 0 Å². The Bertz CT molecular complexity index is 970. The maximum absolute atomic E-state index is 13.6. The minimum atomic E-state index is -1.26. The van der Waals surface area contributed by atoms with Gasteiger partial charge in [-0.25, -0.2) is 0 Å². The number of benzene rings is 2. The van der Waals surface area contributed by atoms with Gasteiger partial charge in [0.25, 0.3) is 5.91 Å². The largest absolute Gasteiger partial charge is 0.293 e. The van der Waals surface area contributed by atoms with E-state index in [4.69, 9.17) is 0 Å². The van der Waals surface area contributed by atoms with Gasteiger partial charge in [0.15, 0.2) is 11.2 Å². The van der Waals surface area contributed by atoms with Crippen LogP contribution >= 0.6 is 0 Å². The number of ketones is 1. The maximum Gasteiger partial charge on any atom is 0.267 e. The third-order valence-electron chi connectivity index (χ3n) is 5.66. The molecule has 1 aliphatic heterocycles. The van der Waals surface area contributed by atoms with E-state index in [0.29, 0.717) is 17.8 Å². The summed E-state index contributed by atoms with van der Waals surface area (Å²) in [5.74, 6) is -0.689. The number of anilines is 1. The Hall–Kier alpha value is -3.01. The lowest BCUT2D eigenvalue weighted by molar-refractivity contribution is -0.134. The minimum Gasteiger partial charge on any atom is -0.293 e. The van der Waals surface area contributed by atoms with Gasteiger partial charge in [-0.3, -0.25) is 9.59 Å². The summed E-state index contributed by atoms with van der Waals surface area (Å²) in [5, 5.41) is 5.93. The Morgan fingerprint density at radius 3 is 2.15 bits per heavy atom. The number of nitrogens with zero attached hydrogens (tertiary/aromatic N) is 2. The summed E-state index contributed by atoms with van der Waals surface area (Å²) >= 11 is 0. The van der Waals surface area contributed by atoms with E-state index in [1.165, 1.54) is 5.01 Å². The van der Waals surface area contributed by atoms with E-state index >= 15 is 0 Å². The van der Waals surface area contributed by atoms with Crippen molar-refractivity contribution in [1.29, 1.82) is 0 Å². The van der Waals surface area contributed by atoms with Gasteiger partial charge in [0.1, 0.15) is 0 Å². The minimum absolute atomic E-state index is 0.180. The molecule has 0 aromatic heterocycles. The Morgan fingerprint density at radius 2 is 1.52 bits per heavy atom. The fourth-order valence-electron chi connectivity index (χ4n) is 4.12. The van der Waals surface area contributed by atoms with E-state index < -0.39 is 5.41 Å². The Kier molecular flexibility index (Phi) is 4.06. The number of hydrogen-bond donors (Lipinski definition) is 0. The van der Waals surface area contributed by atoms with Gasteiger partial charge < -0.3 is 0 Å². The molecule has 0 saturated heterocycles. The van der Waals surface area contributed by atoms with E-state index in [2.05, 4.69) is 5.10 Å². The quantitative estimate of drug-likeness (QED) is 0.751. The Labute approximate surface area is 159 Å². The standard InChI is InChI=1S/C23H22N2O2/c1-15-7-11-18(12-8-15)20-5-4-6-21(26)23(20)17(3)24-25(22(23)27)19-13-9-16(2)10-14-19/h4,6-14,20H,5H2,1-3H3/t20-,23-/m0/s1. The smallest absolute Gasteiger partial charge is 0.267 e. The lowest BCUT2D eigenvalue weighted by Gasteiger charge is -2.36. The molecule has 2 aromatic carbocycles. The van der Waals surface area contributed by atoms with Crippen molar-refractivity contribution in [1.82, 2.24) is 0 Å². The zero-order valence-electron chi connectivity index (χ0n) is 15.8. The highest BCUT2D eigenvalue weighted by Gasteiger charge is 2.60. The molecule has 1 heterocycles. The molecule has 0 unspecified atom stereocenters. The van der Waals surface area contributed by atoms with E-state index in [1.54, 1.807) is 13.0 Å². The summed E-state index contributed by atoms with van der Waals surface area (Å²) in [6, 6.07) is 15.7. The molecule has 1 spiro atoms. The molecule has 0 fully saturated rings. The first kappa shape index (κ1) is 17.4. The molecule has 0 bridgehead atoms. The lowest BCUT2D eigenvalue weighted by Crippen LogP contribution is -2.50. The zero-order valence-corrected chi connectivity index (χ0v) is 15.8. The van der Waals surface area contributed by atoms with Crippen LogP contribution < -0.4 is 5.01 Å². The molecule has 4 rings (SSSR count). The highest BCUT2D eigenvalue weighted by atomic mass is 16.2. The number of allylic oxidation sites excluding steroid dienone is 2. The second-order valence-corrected chi connectivity index (χ2v) is 7.41. The SMILES string of the molecule is CC1=NN(c2ccc(C)cc2)C(=O)[C@@]12C(=O)C=CC[C@H]2c1ccc(C)cc1. The number of hydrazone groups is 1. The fraction of sp³-hybridized carbons (Fsp3) is 0.261. The summed E-state index contributed by atoms with van der Waals surface area (Å²) < 4.78 is 0. The summed E-state index contributed by atoms with van der Waals surface area (Å²) in [4.78, 5) is 26.7. The second kappa shape index (κ2) is 6.31. The molecule has 4 nitrogen and oxygen atoms in total. The highest BCUT2D eigenvalue weighted by Crippen LogP contribution is 2.49. The van der Waals surface area contributed by atoms with Crippen molar-refractivity contribution >= 4 is 23.1 Å². The van der Waals surface area contributed by atoms with Crippen molar-refractivity contribution < 1.29 is 9.59 Å². The predicted octanol–water partition coefficient (Wildman–Crippen LogP) is 4.33.